The van der Waals surface area contributed by atoms with Crippen molar-refractivity contribution in [3.63, 3.8) is 0 Å². The van der Waals surface area contributed by atoms with Crippen LogP contribution in [0.1, 0.15) is 4.88 Å². The molecule has 0 aliphatic carbocycles. The molecule has 2 heterocycles. The van der Waals surface area contributed by atoms with Crippen molar-refractivity contribution in [2.24, 2.45) is 7.05 Å². The predicted octanol–water partition coefficient (Wildman–Crippen LogP) is 2.34. The van der Waals surface area contributed by atoms with Crippen LogP contribution in [0.3, 0.4) is 0 Å². The Kier molecular flexibility index (Phi) is 4.90. The maximum absolute atomic E-state index is 10.6. The molecule has 0 saturated carbocycles. The van der Waals surface area contributed by atoms with Crippen molar-refractivity contribution in [1.29, 1.82) is 0 Å². The third kappa shape index (κ3) is 3.65. The number of aromatic nitrogens is 3. The molecule has 0 atom stereocenters. The van der Waals surface area contributed by atoms with Crippen LogP contribution >= 0.6 is 34.7 Å². The van der Waals surface area contributed by atoms with E-state index in [4.69, 9.17) is 16.7 Å². The van der Waals surface area contributed by atoms with Crippen molar-refractivity contribution in [2.75, 3.05) is 17.7 Å². The van der Waals surface area contributed by atoms with Crippen molar-refractivity contribution in [3.05, 3.63) is 21.3 Å². The molecule has 0 fully saturated rings. The Balaban J connectivity index is 2.06. The van der Waals surface area contributed by atoms with Gasteiger partial charge >= 0.3 is 5.97 Å². The first kappa shape index (κ1) is 15.1. The van der Waals surface area contributed by atoms with E-state index < -0.39 is 5.97 Å². The summed E-state index contributed by atoms with van der Waals surface area (Å²) in [6.45, 7) is 0.674. The van der Waals surface area contributed by atoms with Crippen LogP contribution < -0.4 is 4.90 Å². The van der Waals surface area contributed by atoms with E-state index in [1.54, 1.807) is 4.57 Å². The Morgan fingerprint density at radius 2 is 2.30 bits per heavy atom. The van der Waals surface area contributed by atoms with Gasteiger partial charge in [0.15, 0.2) is 5.16 Å². The Hall–Kier alpha value is -1.25. The van der Waals surface area contributed by atoms with Gasteiger partial charge in [-0.15, -0.1) is 21.5 Å². The Morgan fingerprint density at radius 3 is 2.90 bits per heavy atom. The highest BCUT2D eigenvalue weighted by Gasteiger charge is 2.15. The minimum atomic E-state index is -0.874. The smallest absolute Gasteiger partial charge is 0.313 e. The van der Waals surface area contributed by atoms with Crippen LogP contribution in [-0.2, 0) is 18.4 Å². The van der Waals surface area contributed by atoms with E-state index in [1.165, 1.54) is 11.3 Å². The Labute approximate surface area is 129 Å². The number of thioether (sulfide) groups is 1. The Morgan fingerprint density at radius 1 is 1.55 bits per heavy atom. The van der Waals surface area contributed by atoms with E-state index in [0.717, 1.165) is 21.0 Å². The number of thiophene rings is 1. The molecule has 9 heteroatoms. The molecule has 0 radical (unpaired) electrons. The molecular formula is C11H13ClN4O2S2. The molecule has 0 amide bonds. The highest BCUT2D eigenvalue weighted by Crippen LogP contribution is 2.25. The number of carbonyl (C=O) groups is 1. The topological polar surface area (TPSA) is 71.2 Å². The van der Waals surface area contributed by atoms with Gasteiger partial charge in [-0.25, -0.2) is 0 Å². The lowest BCUT2D eigenvalue weighted by atomic mass is 10.4. The minimum Gasteiger partial charge on any atom is -0.481 e. The quantitative estimate of drug-likeness (QED) is 0.819. The Bertz CT molecular complexity index is 613. The van der Waals surface area contributed by atoms with Crippen LogP contribution in [0.4, 0.5) is 5.95 Å². The zero-order valence-electron chi connectivity index (χ0n) is 10.9. The van der Waals surface area contributed by atoms with E-state index in [9.17, 15) is 4.79 Å². The lowest BCUT2D eigenvalue weighted by molar-refractivity contribution is -0.133. The van der Waals surface area contributed by atoms with Crippen molar-refractivity contribution in [1.82, 2.24) is 14.8 Å². The van der Waals surface area contributed by atoms with Crippen LogP contribution in [0.2, 0.25) is 4.34 Å². The molecule has 0 unspecified atom stereocenters. The monoisotopic (exact) mass is 332 g/mol. The molecule has 0 aromatic carbocycles. The van der Waals surface area contributed by atoms with Crippen molar-refractivity contribution in [2.45, 2.75) is 11.7 Å². The summed E-state index contributed by atoms with van der Waals surface area (Å²) in [5, 5.41) is 17.4. The molecule has 2 rings (SSSR count). The summed E-state index contributed by atoms with van der Waals surface area (Å²) in [6, 6.07) is 3.83. The summed E-state index contributed by atoms with van der Waals surface area (Å²) in [7, 11) is 3.72. The molecule has 2 aromatic rings. The van der Waals surface area contributed by atoms with Crippen LogP contribution in [0.15, 0.2) is 17.3 Å². The zero-order chi connectivity index (χ0) is 14.7. The fourth-order valence-electron chi connectivity index (χ4n) is 1.63. The molecule has 20 heavy (non-hydrogen) atoms. The molecule has 0 bridgehead atoms. The number of anilines is 1. The van der Waals surface area contributed by atoms with Crippen LogP contribution in [-0.4, -0.2) is 38.6 Å². The third-order valence-electron chi connectivity index (χ3n) is 2.50. The molecule has 0 spiro atoms. The van der Waals surface area contributed by atoms with Gasteiger partial charge in [-0.1, -0.05) is 23.4 Å². The van der Waals surface area contributed by atoms with Crippen molar-refractivity contribution < 1.29 is 9.90 Å². The summed E-state index contributed by atoms with van der Waals surface area (Å²) in [5.41, 5.74) is 0. The van der Waals surface area contributed by atoms with Gasteiger partial charge in [0.2, 0.25) is 5.95 Å². The maximum Gasteiger partial charge on any atom is 0.313 e. The summed E-state index contributed by atoms with van der Waals surface area (Å²) in [4.78, 5) is 13.6. The third-order valence-corrected chi connectivity index (χ3v) is 4.72. The summed E-state index contributed by atoms with van der Waals surface area (Å²) in [6.07, 6.45) is 0. The number of aliphatic carboxylic acids is 1. The maximum atomic E-state index is 10.6. The van der Waals surface area contributed by atoms with E-state index in [2.05, 4.69) is 10.2 Å². The number of nitrogens with zero attached hydrogens (tertiary/aromatic N) is 4. The standard InChI is InChI=1S/C11H13ClN4O2S2/c1-15(5-7-3-4-8(12)20-7)10-13-14-11(16(10)2)19-6-9(17)18/h3-4H,5-6H2,1-2H3,(H,17,18). The van der Waals surface area contributed by atoms with Gasteiger partial charge in [0.25, 0.3) is 0 Å². The number of carboxylic acid groups (broad SMARTS) is 1. The lowest BCUT2D eigenvalue weighted by Crippen LogP contribution is -2.19. The average Bonchev–Trinajstić information content (AvgIpc) is 2.93. The van der Waals surface area contributed by atoms with Gasteiger partial charge in [-0.05, 0) is 12.1 Å². The fraction of sp³-hybridized carbons (Fsp3) is 0.364. The second-order valence-electron chi connectivity index (χ2n) is 4.09. The number of rotatable bonds is 6. The number of carboxylic acids is 1. The number of hydrogen-bond donors (Lipinski definition) is 1. The van der Waals surface area contributed by atoms with Gasteiger partial charge in [0, 0.05) is 19.0 Å². The first-order valence-electron chi connectivity index (χ1n) is 5.66. The van der Waals surface area contributed by atoms with Crippen molar-refractivity contribution >= 4 is 46.6 Å². The van der Waals surface area contributed by atoms with Crippen LogP contribution in [0.5, 0.6) is 0 Å². The van der Waals surface area contributed by atoms with Gasteiger partial charge in [-0.3, -0.25) is 9.36 Å². The van der Waals surface area contributed by atoms with E-state index >= 15 is 0 Å². The van der Waals surface area contributed by atoms with Gasteiger partial charge < -0.3 is 10.0 Å². The summed E-state index contributed by atoms with van der Waals surface area (Å²) in [5.74, 6) is -0.223. The SMILES string of the molecule is CN(Cc1ccc(Cl)s1)c1nnc(SCC(=O)O)n1C. The highest BCUT2D eigenvalue weighted by molar-refractivity contribution is 7.99. The molecule has 0 aliphatic heterocycles. The van der Waals surface area contributed by atoms with Crippen LogP contribution in [0.25, 0.3) is 0 Å². The van der Waals surface area contributed by atoms with E-state index in [1.807, 2.05) is 31.1 Å². The molecule has 0 saturated heterocycles. The second kappa shape index (κ2) is 6.47. The van der Waals surface area contributed by atoms with Gasteiger partial charge in [0.05, 0.1) is 16.6 Å². The molecule has 1 N–H and O–H groups in total. The zero-order valence-corrected chi connectivity index (χ0v) is 13.3. The molecular weight excluding hydrogens is 320 g/mol. The predicted molar refractivity (Wildman–Crippen MR) is 80.8 cm³/mol. The molecule has 108 valence electrons. The molecule has 6 nitrogen and oxygen atoms in total. The number of halogens is 1. The largest absolute Gasteiger partial charge is 0.481 e. The summed E-state index contributed by atoms with van der Waals surface area (Å²) < 4.78 is 2.53. The molecule has 0 aliphatic rings. The minimum absolute atomic E-state index is 0.0315. The lowest BCUT2D eigenvalue weighted by Gasteiger charge is -2.16. The fourth-order valence-corrected chi connectivity index (χ4v) is 3.40. The van der Waals surface area contributed by atoms with Gasteiger partial charge in [-0.2, -0.15) is 0 Å². The summed E-state index contributed by atoms with van der Waals surface area (Å²) >= 11 is 8.57. The van der Waals surface area contributed by atoms with Gasteiger partial charge in [0.1, 0.15) is 0 Å². The first-order chi connectivity index (χ1) is 9.47. The van der Waals surface area contributed by atoms with E-state index in [0.29, 0.717) is 17.6 Å². The molecule has 2 aromatic heterocycles. The van der Waals surface area contributed by atoms with Crippen molar-refractivity contribution in [3.8, 4) is 0 Å². The highest BCUT2D eigenvalue weighted by atomic mass is 35.5. The van der Waals surface area contributed by atoms with Crippen LogP contribution in [0, 0.1) is 0 Å². The second-order valence-corrected chi connectivity index (χ2v) is 6.83. The normalized spacial score (nSPS) is 10.8. The first-order valence-corrected chi connectivity index (χ1v) is 7.84. The average molecular weight is 333 g/mol. The van der Waals surface area contributed by atoms with E-state index in [-0.39, 0.29) is 5.75 Å². The number of hydrogen-bond acceptors (Lipinski definition) is 6.